The Morgan fingerprint density at radius 3 is 3.12 bits per heavy atom. The highest BCUT2D eigenvalue weighted by Crippen LogP contribution is 2.23. The second-order valence-corrected chi connectivity index (χ2v) is 5.92. The molecule has 2 atom stereocenters. The molecule has 2 rings (SSSR count). The summed E-state index contributed by atoms with van der Waals surface area (Å²) < 4.78 is 0.881. The zero-order valence-corrected chi connectivity index (χ0v) is 11.5. The number of carbonyl (C=O) groups is 1. The topological polar surface area (TPSA) is 41.1 Å². The van der Waals surface area contributed by atoms with Gasteiger partial charge in [-0.25, -0.2) is 0 Å². The molecule has 0 radical (unpaired) electrons. The van der Waals surface area contributed by atoms with Crippen LogP contribution in [0.2, 0.25) is 0 Å². The van der Waals surface area contributed by atoms with Crippen LogP contribution in [-0.2, 0) is 0 Å². The maximum Gasteiger partial charge on any atom is 0.262 e. The van der Waals surface area contributed by atoms with Crippen molar-refractivity contribution >= 4 is 33.2 Å². The standard InChI is InChI=1S/C11H15BrN2OS/c1-7-2-4-13-6-9(7)14-11(15)10-8(12)3-5-16-10/h3,5,7,9,13H,2,4,6H2,1H3,(H,14,15). The van der Waals surface area contributed by atoms with Crippen molar-refractivity contribution in [3.63, 3.8) is 0 Å². The van der Waals surface area contributed by atoms with Crippen LogP contribution in [0.15, 0.2) is 15.9 Å². The number of hydrogen-bond acceptors (Lipinski definition) is 3. The molecular formula is C11H15BrN2OS. The lowest BCUT2D eigenvalue weighted by molar-refractivity contribution is 0.0918. The number of piperidine rings is 1. The monoisotopic (exact) mass is 302 g/mol. The van der Waals surface area contributed by atoms with Gasteiger partial charge in [0, 0.05) is 17.1 Å². The van der Waals surface area contributed by atoms with Crippen LogP contribution in [0.4, 0.5) is 0 Å². The maximum absolute atomic E-state index is 12.0. The minimum atomic E-state index is 0.0300. The Kier molecular flexibility index (Phi) is 4.00. The van der Waals surface area contributed by atoms with Crippen LogP contribution >= 0.6 is 27.3 Å². The van der Waals surface area contributed by atoms with Crippen LogP contribution in [0, 0.1) is 5.92 Å². The quantitative estimate of drug-likeness (QED) is 0.880. The zero-order chi connectivity index (χ0) is 11.5. The third kappa shape index (κ3) is 2.64. The maximum atomic E-state index is 12.0. The van der Waals surface area contributed by atoms with Gasteiger partial charge in [0.2, 0.25) is 0 Å². The number of amides is 1. The van der Waals surface area contributed by atoms with E-state index in [0.29, 0.717) is 5.92 Å². The number of nitrogens with one attached hydrogen (secondary N) is 2. The molecule has 1 aromatic heterocycles. The average molecular weight is 303 g/mol. The molecule has 0 saturated carbocycles. The summed E-state index contributed by atoms with van der Waals surface area (Å²) in [4.78, 5) is 12.7. The van der Waals surface area contributed by atoms with Gasteiger partial charge in [-0.3, -0.25) is 4.79 Å². The highest BCUT2D eigenvalue weighted by molar-refractivity contribution is 9.10. The van der Waals surface area contributed by atoms with Crippen LogP contribution in [0.5, 0.6) is 0 Å². The average Bonchev–Trinajstić information content (AvgIpc) is 2.68. The molecule has 3 nitrogen and oxygen atoms in total. The van der Waals surface area contributed by atoms with Gasteiger partial charge in [-0.05, 0) is 46.3 Å². The first-order valence-corrected chi connectivity index (χ1v) is 7.10. The van der Waals surface area contributed by atoms with Gasteiger partial charge in [0.1, 0.15) is 4.88 Å². The molecular weight excluding hydrogens is 288 g/mol. The fraction of sp³-hybridized carbons (Fsp3) is 0.545. The first kappa shape index (κ1) is 12.1. The largest absolute Gasteiger partial charge is 0.347 e. The molecule has 1 fully saturated rings. The SMILES string of the molecule is CC1CCNCC1NC(=O)c1sccc1Br. The molecule has 1 saturated heterocycles. The lowest BCUT2D eigenvalue weighted by atomic mass is 9.95. The van der Waals surface area contributed by atoms with Crippen molar-refractivity contribution in [1.82, 2.24) is 10.6 Å². The Bertz CT molecular complexity index is 380. The van der Waals surface area contributed by atoms with Crippen molar-refractivity contribution in [3.8, 4) is 0 Å². The predicted octanol–water partition coefficient (Wildman–Crippen LogP) is 2.24. The lowest BCUT2D eigenvalue weighted by Gasteiger charge is -2.30. The minimum Gasteiger partial charge on any atom is -0.347 e. The van der Waals surface area contributed by atoms with Crippen LogP contribution in [0.1, 0.15) is 23.0 Å². The summed E-state index contributed by atoms with van der Waals surface area (Å²) in [6.45, 7) is 4.11. The summed E-state index contributed by atoms with van der Waals surface area (Å²) in [5, 5.41) is 8.32. The smallest absolute Gasteiger partial charge is 0.262 e. The van der Waals surface area contributed by atoms with E-state index in [1.165, 1.54) is 11.3 Å². The first-order valence-electron chi connectivity index (χ1n) is 5.43. The molecule has 0 spiro atoms. The highest BCUT2D eigenvalue weighted by atomic mass is 79.9. The molecule has 0 aromatic carbocycles. The molecule has 88 valence electrons. The number of thiophene rings is 1. The van der Waals surface area contributed by atoms with Crippen LogP contribution in [-0.4, -0.2) is 25.0 Å². The molecule has 0 bridgehead atoms. The molecule has 1 aliphatic heterocycles. The molecule has 1 aromatic rings. The van der Waals surface area contributed by atoms with Crippen molar-refractivity contribution in [2.45, 2.75) is 19.4 Å². The number of hydrogen-bond donors (Lipinski definition) is 2. The van der Waals surface area contributed by atoms with Gasteiger partial charge in [0.15, 0.2) is 0 Å². The molecule has 1 amide bonds. The fourth-order valence-electron chi connectivity index (χ4n) is 1.87. The van der Waals surface area contributed by atoms with Gasteiger partial charge >= 0.3 is 0 Å². The van der Waals surface area contributed by atoms with Gasteiger partial charge in [-0.2, -0.15) is 0 Å². The van der Waals surface area contributed by atoms with E-state index in [-0.39, 0.29) is 11.9 Å². The zero-order valence-electron chi connectivity index (χ0n) is 9.13. The Hall–Kier alpha value is -0.390. The van der Waals surface area contributed by atoms with Crippen LogP contribution in [0.3, 0.4) is 0 Å². The molecule has 2 N–H and O–H groups in total. The van der Waals surface area contributed by atoms with Gasteiger partial charge in [0.05, 0.1) is 0 Å². The van der Waals surface area contributed by atoms with Crippen molar-refractivity contribution in [3.05, 3.63) is 20.8 Å². The number of rotatable bonds is 2. The molecule has 0 aliphatic carbocycles. The summed E-state index contributed by atoms with van der Waals surface area (Å²) in [5.74, 6) is 0.575. The van der Waals surface area contributed by atoms with E-state index < -0.39 is 0 Å². The Morgan fingerprint density at radius 2 is 2.50 bits per heavy atom. The summed E-state index contributed by atoms with van der Waals surface area (Å²) in [6.07, 6.45) is 1.12. The minimum absolute atomic E-state index is 0.0300. The third-order valence-electron chi connectivity index (χ3n) is 2.97. The molecule has 2 heterocycles. The second-order valence-electron chi connectivity index (χ2n) is 4.15. The van der Waals surface area contributed by atoms with Gasteiger partial charge < -0.3 is 10.6 Å². The molecule has 2 unspecified atom stereocenters. The highest BCUT2D eigenvalue weighted by Gasteiger charge is 2.24. The van der Waals surface area contributed by atoms with E-state index in [4.69, 9.17) is 0 Å². The molecule has 5 heteroatoms. The molecule has 16 heavy (non-hydrogen) atoms. The first-order chi connectivity index (χ1) is 7.68. The van der Waals surface area contributed by atoms with E-state index in [2.05, 4.69) is 33.5 Å². The van der Waals surface area contributed by atoms with E-state index in [9.17, 15) is 4.79 Å². The van der Waals surface area contributed by atoms with Crippen molar-refractivity contribution < 1.29 is 4.79 Å². The predicted molar refractivity (Wildman–Crippen MR) is 69.9 cm³/mol. The summed E-state index contributed by atoms with van der Waals surface area (Å²) in [6, 6.07) is 2.15. The van der Waals surface area contributed by atoms with E-state index in [1.807, 2.05) is 11.4 Å². The second kappa shape index (κ2) is 5.29. The van der Waals surface area contributed by atoms with Gasteiger partial charge in [-0.1, -0.05) is 6.92 Å². The van der Waals surface area contributed by atoms with Crippen molar-refractivity contribution in [2.24, 2.45) is 5.92 Å². The normalized spacial score (nSPS) is 25.4. The summed E-state index contributed by atoms with van der Waals surface area (Å²) >= 11 is 4.85. The van der Waals surface area contributed by atoms with Gasteiger partial charge in [-0.15, -0.1) is 11.3 Å². The Labute approximate surface area is 108 Å². The van der Waals surface area contributed by atoms with Crippen LogP contribution < -0.4 is 10.6 Å². The number of carbonyl (C=O) groups excluding carboxylic acids is 1. The molecule has 1 aliphatic rings. The van der Waals surface area contributed by atoms with Crippen LogP contribution in [0.25, 0.3) is 0 Å². The van der Waals surface area contributed by atoms with Crippen molar-refractivity contribution in [1.29, 1.82) is 0 Å². The Balaban J connectivity index is 1.99. The number of halogens is 1. The van der Waals surface area contributed by atoms with Gasteiger partial charge in [0.25, 0.3) is 5.91 Å². The summed E-state index contributed by atoms with van der Waals surface area (Å²) in [7, 11) is 0. The lowest BCUT2D eigenvalue weighted by Crippen LogP contribution is -2.50. The van der Waals surface area contributed by atoms with E-state index in [0.717, 1.165) is 28.9 Å². The fourth-order valence-corrected chi connectivity index (χ4v) is 3.33. The van der Waals surface area contributed by atoms with E-state index >= 15 is 0 Å². The van der Waals surface area contributed by atoms with Crippen molar-refractivity contribution in [2.75, 3.05) is 13.1 Å². The third-order valence-corrected chi connectivity index (χ3v) is 4.80. The summed E-state index contributed by atoms with van der Waals surface area (Å²) in [5.41, 5.74) is 0. The van der Waals surface area contributed by atoms with E-state index in [1.54, 1.807) is 0 Å². The Morgan fingerprint density at radius 1 is 1.69 bits per heavy atom.